The number of nitrogens with zero attached hydrogens (tertiary/aromatic N) is 2. The fourth-order valence-corrected chi connectivity index (χ4v) is 4.91. The molecule has 168 valence electrons. The fraction of sp³-hybridized carbons (Fsp3) is 0.273. The molecule has 10 heteroatoms. The molecule has 1 aliphatic rings. The van der Waals surface area contributed by atoms with Gasteiger partial charge in [-0.05, 0) is 31.5 Å². The van der Waals surface area contributed by atoms with E-state index in [4.69, 9.17) is 27.9 Å². The molecule has 2 aromatic carbocycles. The largest absolute Gasteiger partial charge is 0.465 e. The van der Waals surface area contributed by atoms with Crippen molar-refractivity contribution in [3.05, 3.63) is 79.3 Å². The number of rotatable bonds is 5. The highest BCUT2D eigenvalue weighted by molar-refractivity contribution is 9.10. The first-order valence-electron chi connectivity index (χ1n) is 9.61. The van der Waals surface area contributed by atoms with Crippen LogP contribution in [0.2, 0.25) is 10.0 Å². The van der Waals surface area contributed by atoms with Gasteiger partial charge in [0.1, 0.15) is 9.90 Å². The number of likely N-dealkylation sites (N-methyl/N-ethyl adjacent to an activating group) is 1. The number of nitro groups is 1. The maximum Gasteiger partial charge on any atom is 0.343 e. The van der Waals surface area contributed by atoms with Crippen LogP contribution in [0.3, 0.4) is 0 Å². The Hall–Kier alpha value is -2.42. The Kier molecular flexibility index (Phi) is 6.97. The van der Waals surface area contributed by atoms with Crippen LogP contribution in [0.25, 0.3) is 5.70 Å². The van der Waals surface area contributed by atoms with Gasteiger partial charge in [0.05, 0.1) is 33.8 Å². The Bertz CT molecular complexity index is 1140. The minimum absolute atomic E-state index is 0.103. The molecule has 32 heavy (non-hydrogen) atoms. The highest BCUT2D eigenvalue weighted by Gasteiger charge is 2.53. The van der Waals surface area contributed by atoms with Crippen molar-refractivity contribution in [3.63, 3.8) is 0 Å². The molecule has 0 N–H and O–H groups in total. The number of halogens is 3. The third kappa shape index (κ3) is 3.91. The summed E-state index contributed by atoms with van der Waals surface area (Å²) in [5, 5.41) is 11.7. The van der Waals surface area contributed by atoms with Gasteiger partial charge in [-0.1, -0.05) is 57.3 Å². The molecule has 2 unspecified atom stereocenters. The molecule has 0 radical (unpaired) electrons. The van der Waals surface area contributed by atoms with Crippen LogP contribution < -0.4 is 0 Å². The molecule has 0 bridgehead atoms. The Morgan fingerprint density at radius 1 is 1.22 bits per heavy atom. The number of ketones is 1. The van der Waals surface area contributed by atoms with Gasteiger partial charge in [0.2, 0.25) is 0 Å². The lowest BCUT2D eigenvalue weighted by Crippen LogP contribution is -2.55. The number of ether oxygens (including phenoxy) is 1. The molecule has 0 saturated carbocycles. The zero-order valence-electron chi connectivity index (χ0n) is 17.4. The van der Waals surface area contributed by atoms with Crippen LogP contribution >= 0.6 is 39.1 Å². The second-order valence-corrected chi connectivity index (χ2v) is 9.22. The summed E-state index contributed by atoms with van der Waals surface area (Å²) in [6, 6.07) is 10.1. The number of methoxy groups -OCH3 is 1. The number of non-ortho nitro benzene ring substituents is 1. The van der Waals surface area contributed by atoms with Gasteiger partial charge in [-0.2, -0.15) is 0 Å². The van der Waals surface area contributed by atoms with Crippen LogP contribution in [0, 0.1) is 10.1 Å². The molecule has 0 spiro atoms. The molecule has 0 amide bonds. The van der Waals surface area contributed by atoms with Gasteiger partial charge in [-0.25, -0.2) is 4.79 Å². The lowest BCUT2D eigenvalue weighted by atomic mass is 9.79. The van der Waals surface area contributed by atoms with E-state index in [1.54, 1.807) is 18.2 Å². The van der Waals surface area contributed by atoms with Crippen LogP contribution in [0.15, 0.2) is 48.0 Å². The van der Waals surface area contributed by atoms with E-state index in [0.29, 0.717) is 28.4 Å². The third-order valence-electron chi connectivity index (χ3n) is 5.55. The lowest BCUT2D eigenvalue weighted by Gasteiger charge is -2.46. The van der Waals surface area contributed by atoms with Crippen LogP contribution in [0.1, 0.15) is 25.0 Å². The number of hydrogen-bond acceptors (Lipinski definition) is 6. The average molecular weight is 542 g/mol. The van der Waals surface area contributed by atoms with E-state index in [0.717, 1.165) is 0 Å². The summed E-state index contributed by atoms with van der Waals surface area (Å²) < 4.78 is 3.61. The summed E-state index contributed by atoms with van der Waals surface area (Å²) in [5.74, 6) is -1.32. The predicted octanol–water partition coefficient (Wildman–Crippen LogP) is 5.37. The topological polar surface area (TPSA) is 89.8 Å². The van der Waals surface area contributed by atoms with Crippen molar-refractivity contribution in [2.45, 2.75) is 24.2 Å². The van der Waals surface area contributed by atoms with Gasteiger partial charge in [0, 0.05) is 24.2 Å². The highest BCUT2D eigenvalue weighted by atomic mass is 79.9. The molecule has 0 aliphatic carbocycles. The molecule has 2 atom stereocenters. The zero-order valence-corrected chi connectivity index (χ0v) is 20.5. The van der Waals surface area contributed by atoms with E-state index in [2.05, 4.69) is 15.9 Å². The van der Waals surface area contributed by atoms with Crippen molar-refractivity contribution < 1.29 is 19.2 Å². The molecule has 0 saturated heterocycles. The first kappa shape index (κ1) is 24.2. The Morgan fingerprint density at radius 2 is 1.84 bits per heavy atom. The van der Waals surface area contributed by atoms with Crippen LogP contribution in [0.5, 0.6) is 0 Å². The smallest absolute Gasteiger partial charge is 0.343 e. The minimum atomic E-state index is -1.35. The van der Waals surface area contributed by atoms with E-state index in [1.807, 2.05) is 18.7 Å². The standard InChI is InChI=1S/C22H19BrCl2N2O5/c1-4-26-12(2)22(23,14-6-8-15(9-7-14)27(30)31)20(28)18(21(29)32-3)19(26)13-5-10-16(24)17(25)11-13/h5-12H,4H2,1-3H3. The summed E-state index contributed by atoms with van der Waals surface area (Å²) in [4.78, 5) is 39.1. The SMILES string of the molecule is CCN1C(c2ccc(Cl)c(Cl)c2)=C(C(=O)OC)C(=O)C(Br)(c2ccc([N+](=O)[O-])cc2)C1C. The number of Topliss-reactive ketones (excluding diaryl/α,β-unsaturated/α-hetero) is 1. The number of hydrogen-bond donors (Lipinski definition) is 0. The summed E-state index contributed by atoms with van der Waals surface area (Å²) in [6.07, 6.45) is 0. The molecule has 2 aromatic rings. The zero-order chi connectivity index (χ0) is 23.8. The molecule has 1 aliphatic heterocycles. The van der Waals surface area contributed by atoms with E-state index in [-0.39, 0.29) is 16.3 Å². The van der Waals surface area contributed by atoms with Gasteiger partial charge in [0.15, 0.2) is 5.78 Å². The maximum absolute atomic E-state index is 13.8. The van der Waals surface area contributed by atoms with Crippen LogP contribution in [-0.4, -0.2) is 41.3 Å². The van der Waals surface area contributed by atoms with Gasteiger partial charge in [-0.3, -0.25) is 14.9 Å². The minimum Gasteiger partial charge on any atom is -0.465 e. The summed E-state index contributed by atoms with van der Waals surface area (Å²) >= 11 is 15.9. The van der Waals surface area contributed by atoms with Crippen molar-refractivity contribution in [3.8, 4) is 0 Å². The quantitative estimate of drug-likeness (QED) is 0.166. The predicted molar refractivity (Wildman–Crippen MR) is 126 cm³/mol. The highest BCUT2D eigenvalue weighted by Crippen LogP contribution is 2.48. The monoisotopic (exact) mass is 540 g/mol. The fourth-order valence-electron chi connectivity index (χ4n) is 3.91. The lowest BCUT2D eigenvalue weighted by molar-refractivity contribution is -0.384. The van der Waals surface area contributed by atoms with Crippen molar-refractivity contribution in [1.82, 2.24) is 4.90 Å². The number of benzene rings is 2. The van der Waals surface area contributed by atoms with Gasteiger partial charge in [-0.15, -0.1) is 0 Å². The average Bonchev–Trinajstić information content (AvgIpc) is 2.78. The van der Waals surface area contributed by atoms with E-state index < -0.39 is 27.0 Å². The van der Waals surface area contributed by atoms with Crippen molar-refractivity contribution in [2.24, 2.45) is 0 Å². The molecule has 7 nitrogen and oxygen atoms in total. The Labute approximate surface area is 203 Å². The van der Waals surface area contributed by atoms with Crippen molar-refractivity contribution in [2.75, 3.05) is 13.7 Å². The maximum atomic E-state index is 13.8. The van der Waals surface area contributed by atoms with Crippen LogP contribution in [-0.2, 0) is 18.7 Å². The van der Waals surface area contributed by atoms with E-state index in [1.165, 1.54) is 31.4 Å². The van der Waals surface area contributed by atoms with Gasteiger partial charge in [0.25, 0.3) is 5.69 Å². The Balaban J connectivity index is 2.29. The summed E-state index contributed by atoms with van der Waals surface area (Å²) in [7, 11) is 1.20. The van der Waals surface area contributed by atoms with Crippen LogP contribution in [0.4, 0.5) is 5.69 Å². The first-order valence-corrected chi connectivity index (χ1v) is 11.2. The number of nitro benzene ring substituents is 1. The normalized spacial score (nSPS) is 21.0. The van der Waals surface area contributed by atoms with Gasteiger partial charge < -0.3 is 9.64 Å². The molecular weight excluding hydrogens is 523 g/mol. The third-order valence-corrected chi connectivity index (χ3v) is 7.77. The number of esters is 1. The number of alkyl halides is 1. The first-order chi connectivity index (χ1) is 15.1. The second kappa shape index (κ2) is 9.21. The number of carbonyl (C=O) groups excluding carboxylic acids is 2. The van der Waals surface area contributed by atoms with E-state index in [9.17, 15) is 19.7 Å². The molecular formula is C22H19BrCl2N2O5. The van der Waals surface area contributed by atoms with Crippen molar-refractivity contribution >= 4 is 62.3 Å². The Morgan fingerprint density at radius 3 is 2.34 bits per heavy atom. The number of carbonyl (C=O) groups is 2. The van der Waals surface area contributed by atoms with Crippen molar-refractivity contribution in [1.29, 1.82) is 0 Å². The van der Waals surface area contributed by atoms with Gasteiger partial charge >= 0.3 is 5.97 Å². The molecule has 0 fully saturated rings. The molecule has 3 rings (SSSR count). The molecule has 1 heterocycles. The summed E-state index contributed by atoms with van der Waals surface area (Å²) in [5.41, 5.74) is 1.15. The second-order valence-electron chi connectivity index (χ2n) is 7.15. The summed E-state index contributed by atoms with van der Waals surface area (Å²) in [6.45, 7) is 4.18. The molecule has 0 aromatic heterocycles. The van der Waals surface area contributed by atoms with E-state index >= 15 is 0 Å².